The first-order chi connectivity index (χ1) is 9.60. The van der Waals surface area contributed by atoms with E-state index in [1.165, 1.54) is 0 Å². The van der Waals surface area contributed by atoms with Crippen LogP contribution in [0.3, 0.4) is 0 Å². The number of pyridine rings is 1. The van der Waals surface area contributed by atoms with E-state index in [0.717, 1.165) is 12.8 Å². The van der Waals surface area contributed by atoms with Crippen molar-refractivity contribution in [1.29, 1.82) is 0 Å². The number of sulfone groups is 1. The van der Waals surface area contributed by atoms with Crippen LogP contribution in [-0.2, 0) is 16.3 Å². The van der Waals surface area contributed by atoms with Crippen molar-refractivity contribution in [3.63, 3.8) is 0 Å². The molecule has 7 heteroatoms. The zero-order chi connectivity index (χ0) is 14.2. The van der Waals surface area contributed by atoms with Gasteiger partial charge in [0.05, 0.1) is 24.3 Å². The Hall–Kier alpha value is -1.63. The number of hydrogen-bond donors (Lipinski definition) is 0. The average Bonchev–Trinajstić information content (AvgIpc) is 2.83. The molecule has 0 bridgehead atoms. The highest BCUT2D eigenvalue weighted by atomic mass is 32.2. The Bertz CT molecular complexity index is 724. The molecular weight excluding hydrogens is 278 g/mol. The second-order valence-corrected chi connectivity index (χ2v) is 7.50. The summed E-state index contributed by atoms with van der Waals surface area (Å²) in [4.78, 5) is 0. The van der Waals surface area contributed by atoms with Gasteiger partial charge in [-0.1, -0.05) is 6.42 Å². The van der Waals surface area contributed by atoms with Gasteiger partial charge in [-0.05, 0) is 25.0 Å². The lowest BCUT2D eigenvalue weighted by atomic mass is 10.1. The van der Waals surface area contributed by atoms with Crippen LogP contribution in [0.15, 0.2) is 18.3 Å². The van der Waals surface area contributed by atoms with Crippen LogP contribution >= 0.6 is 0 Å². The molecule has 1 atom stereocenters. The molecule has 1 aliphatic rings. The minimum Gasteiger partial charge on any atom is -0.495 e. The van der Waals surface area contributed by atoms with Crippen LogP contribution in [0.5, 0.6) is 5.75 Å². The summed E-state index contributed by atoms with van der Waals surface area (Å²) in [5.74, 6) is 1.66. The monoisotopic (exact) mass is 295 g/mol. The third-order valence-electron chi connectivity index (χ3n) is 3.80. The smallest absolute Gasteiger partial charge is 0.161 e. The van der Waals surface area contributed by atoms with Gasteiger partial charge < -0.3 is 4.74 Å². The van der Waals surface area contributed by atoms with E-state index in [1.54, 1.807) is 13.3 Å². The largest absolute Gasteiger partial charge is 0.495 e. The second kappa shape index (κ2) is 5.05. The van der Waals surface area contributed by atoms with Gasteiger partial charge in [-0.15, -0.1) is 10.2 Å². The van der Waals surface area contributed by atoms with Gasteiger partial charge in [0.2, 0.25) is 0 Å². The van der Waals surface area contributed by atoms with E-state index in [4.69, 9.17) is 4.74 Å². The number of rotatable bonds is 3. The van der Waals surface area contributed by atoms with Gasteiger partial charge in [-0.25, -0.2) is 8.42 Å². The first-order valence-corrected chi connectivity index (χ1v) is 8.41. The number of nitrogens with zero attached hydrogens (tertiary/aromatic N) is 3. The van der Waals surface area contributed by atoms with Crippen molar-refractivity contribution in [1.82, 2.24) is 14.6 Å². The maximum atomic E-state index is 12.1. The summed E-state index contributed by atoms with van der Waals surface area (Å²) in [5.41, 5.74) is 0.703. The topological polar surface area (TPSA) is 73.6 Å². The Morgan fingerprint density at radius 2 is 2.20 bits per heavy atom. The third-order valence-corrected chi connectivity index (χ3v) is 6.08. The van der Waals surface area contributed by atoms with E-state index in [2.05, 4.69) is 10.2 Å². The van der Waals surface area contributed by atoms with Crippen molar-refractivity contribution in [2.45, 2.75) is 30.9 Å². The van der Waals surface area contributed by atoms with Crippen molar-refractivity contribution in [2.75, 3.05) is 12.9 Å². The summed E-state index contributed by atoms with van der Waals surface area (Å²) in [6.07, 6.45) is 4.65. The molecule has 20 heavy (non-hydrogen) atoms. The predicted molar refractivity (Wildman–Crippen MR) is 74.7 cm³/mol. The number of ether oxygens (including phenoxy) is 1. The number of fused-ring (bicyclic) bond motifs is 1. The van der Waals surface area contributed by atoms with Crippen LogP contribution < -0.4 is 4.74 Å². The zero-order valence-corrected chi connectivity index (χ0v) is 12.1. The molecule has 0 saturated carbocycles. The maximum Gasteiger partial charge on any atom is 0.161 e. The summed E-state index contributed by atoms with van der Waals surface area (Å²) in [6, 6.07) is 3.62. The van der Waals surface area contributed by atoms with Crippen molar-refractivity contribution in [3.8, 4) is 5.75 Å². The van der Waals surface area contributed by atoms with Crippen LogP contribution in [0.1, 0.15) is 25.1 Å². The summed E-state index contributed by atoms with van der Waals surface area (Å²) < 4.78 is 31.2. The van der Waals surface area contributed by atoms with E-state index >= 15 is 0 Å². The Balaban J connectivity index is 1.94. The Morgan fingerprint density at radius 3 is 2.95 bits per heavy atom. The normalized spacial score (nSPS) is 21.9. The Labute approximate surface area is 117 Å². The molecule has 1 unspecified atom stereocenters. The lowest BCUT2D eigenvalue weighted by Crippen LogP contribution is -2.30. The summed E-state index contributed by atoms with van der Waals surface area (Å²) in [6.45, 7) is 0. The average molecular weight is 295 g/mol. The molecule has 6 nitrogen and oxygen atoms in total. The van der Waals surface area contributed by atoms with Crippen molar-refractivity contribution in [3.05, 3.63) is 24.2 Å². The highest BCUT2D eigenvalue weighted by Gasteiger charge is 2.30. The van der Waals surface area contributed by atoms with Gasteiger partial charge in [0.25, 0.3) is 0 Å². The first kappa shape index (κ1) is 13.4. The fourth-order valence-electron chi connectivity index (χ4n) is 2.63. The first-order valence-electron chi connectivity index (χ1n) is 6.69. The molecule has 0 amide bonds. The fourth-order valence-corrected chi connectivity index (χ4v) is 4.50. The van der Waals surface area contributed by atoms with Crippen LogP contribution in [0.2, 0.25) is 0 Å². The molecule has 3 heterocycles. The van der Waals surface area contributed by atoms with Crippen LogP contribution in [0.25, 0.3) is 5.65 Å². The minimum absolute atomic E-state index is 0.289. The molecule has 0 aliphatic carbocycles. The van der Waals surface area contributed by atoms with Crippen LogP contribution in [0.4, 0.5) is 0 Å². The summed E-state index contributed by atoms with van der Waals surface area (Å²) >= 11 is 0. The Kier molecular flexibility index (Phi) is 3.37. The molecule has 1 aliphatic heterocycles. The predicted octanol–water partition coefficient (Wildman–Crippen LogP) is 1.25. The van der Waals surface area contributed by atoms with E-state index in [0.29, 0.717) is 30.1 Å². The van der Waals surface area contributed by atoms with Gasteiger partial charge in [-0.3, -0.25) is 4.40 Å². The van der Waals surface area contributed by atoms with Crippen molar-refractivity contribution < 1.29 is 13.2 Å². The van der Waals surface area contributed by atoms with Crippen LogP contribution in [-0.4, -0.2) is 41.1 Å². The van der Waals surface area contributed by atoms with Gasteiger partial charge in [0.15, 0.2) is 15.5 Å². The van der Waals surface area contributed by atoms with Crippen LogP contribution in [0, 0.1) is 0 Å². The van der Waals surface area contributed by atoms with E-state index in [-0.39, 0.29) is 11.0 Å². The van der Waals surface area contributed by atoms with Gasteiger partial charge in [-0.2, -0.15) is 0 Å². The number of methoxy groups -OCH3 is 1. The molecular formula is C13H17N3O3S. The molecule has 1 fully saturated rings. The maximum absolute atomic E-state index is 12.1. The SMILES string of the molecule is COc1ccc2nnc(CC3CCCCS3(=O)=O)n2c1. The molecule has 0 radical (unpaired) electrons. The van der Waals surface area contributed by atoms with Crippen molar-refractivity contribution >= 4 is 15.5 Å². The number of hydrogen-bond acceptors (Lipinski definition) is 5. The molecule has 0 N–H and O–H groups in total. The van der Waals surface area contributed by atoms with Gasteiger partial charge in [0, 0.05) is 6.42 Å². The second-order valence-electron chi connectivity index (χ2n) is 5.10. The standard InChI is InChI=1S/C13H17N3O3S/c1-19-10-5-6-12-14-15-13(16(12)9-10)8-11-4-2-3-7-20(11,17)18/h5-6,9,11H,2-4,7-8H2,1H3. The lowest BCUT2D eigenvalue weighted by Gasteiger charge is -2.21. The lowest BCUT2D eigenvalue weighted by molar-refractivity contribution is 0.412. The number of aromatic nitrogens is 3. The molecule has 2 aromatic rings. The molecule has 1 saturated heterocycles. The highest BCUT2D eigenvalue weighted by Crippen LogP contribution is 2.23. The third kappa shape index (κ3) is 2.37. The molecule has 3 rings (SSSR count). The van der Waals surface area contributed by atoms with E-state index in [1.807, 2.05) is 16.5 Å². The fraction of sp³-hybridized carbons (Fsp3) is 0.538. The molecule has 108 valence electrons. The van der Waals surface area contributed by atoms with Gasteiger partial charge >= 0.3 is 0 Å². The summed E-state index contributed by atoms with van der Waals surface area (Å²) in [7, 11) is -1.40. The molecule has 2 aromatic heterocycles. The molecule has 0 aromatic carbocycles. The highest BCUT2D eigenvalue weighted by molar-refractivity contribution is 7.92. The van der Waals surface area contributed by atoms with E-state index in [9.17, 15) is 8.42 Å². The zero-order valence-electron chi connectivity index (χ0n) is 11.3. The van der Waals surface area contributed by atoms with Gasteiger partial charge in [0.1, 0.15) is 11.6 Å². The quantitative estimate of drug-likeness (QED) is 0.852. The Morgan fingerprint density at radius 1 is 1.35 bits per heavy atom. The molecule has 0 spiro atoms. The summed E-state index contributed by atoms with van der Waals surface area (Å²) in [5, 5.41) is 7.86. The van der Waals surface area contributed by atoms with E-state index < -0.39 is 9.84 Å². The van der Waals surface area contributed by atoms with Crippen molar-refractivity contribution in [2.24, 2.45) is 0 Å². The minimum atomic E-state index is -3.00.